The average molecular weight is 306 g/mol. The number of rotatable bonds is 5. The predicted octanol–water partition coefficient (Wildman–Crippen LogP) is 0.481. The van der Waals surface area contributed by atoms with Crippen molar-refractivity contribution in [3.63, 3.8) is 0 Å². The summed E-state index contributed by atoms with van der Waals surface area (Å²) < 4.78 is 1.95. The van der Waals surface area contributed by atoms with Gasteiger partial charge in [-0.1, -0.05) is 31.5 Å². The minimum Gasteiger partial charge on any atom is -0.271 e. The highest BCUT2D eigenvalue weighted by atomic mass is 16.2. The summed E-state index contributed by atoms with van der Waals surface area (Å²) >= 11 is 0. The van der Waals surface area contributed by atoms with E-state index in [-0.39, 0.29) is 11.9 Å². The van der Waals surface area contributed by atoms with E-state index in [9.17, 15) is 9.59 Å². The Morgan fingerprint density at radius 3 is 2.64 bits per heavy atom. The first-order valence-electron chi connectivity index (χ1n) is 7.50. The Hall–Kier alpha value is -2.18. The van der Waals surface area contributed by atoms with Gasteiger partial charge in [0.05, 0.1) is 13.1 Å². The van der Waals surface area contributed by atoms with Crippen LogP contribution in [-0.2, 0) is 4.79 Å². The van der Waals surface area contributed by atoms with E-state index in [1.165, 1.54) is 11.9 Å². The lowest BCUT2D eigenvalue weighted by molar-refractivity contribution is -0.538. The van der Waals surface area contributed by atoms with E-state index in [1.54, 1.807) is 13.1 Å². The first-order chi connectivity index (χ1) is 10.4. The van der Waals surface area contributed by atoms with Gasteiger partial charge in [0.1, 0.15) is 0 Å². The van der Waals surface area contributed by atoms with Gasteiger partial charge in [0.15, 0.2) is 0 Å². The fraction of sp³-hybridized carbons (Fsp3) is 0.600. The normalized spacial score (nSPS) is 21.5. The number of guanidine groups is 1. The molecule has 2 rings (SSSR count). The van der Waals surface area contributed by atoms with Crippen molar-refractivity contribution in [2.24, 2.45) is 10.9 Å². The Morgan fingerprint density at radius 2 is 2.05 bits per heavy atom. The molecule has 1 fully saturated rings. The van der Waals surface area contributed by atoms with Crippen molar-refractivity contribution < 1.29 is 14.2 Å². The van der Waals surface area contributed by atoms with E-state index in [2.05, 4.69) is 30.7 Å². The molecule has 0 bridgehead atoms. The number of hydrogen-bond acceptors (Lipinski definition) is 4. The van der Waals surface area contributed by atoms with Gasteiger partial charge in [-0.25, -0.2) is 9.37 Å². The molecule has 1 N–H and O–H groups in total. The van der Waals surface area contributed by atoms with Crippen molar-refractivity contribution in [1.29, 1.82) is 0 Å². The number of imide groups is 1. The van der Waals surface area contributed by atoms with Gasteiger partial charge in [-0.05, 0) is 12.3 Å². The number of carbonyl (C=O) groups excluding carboxylic acids is 2. The van der Waals surface area contributed by atoms with Gasteiger partial charge in [0.2, 0.25) is 11.9 Å². The van der Waals surface area contributed by atoms with E-state index in [4.69, 9.17) is 0 Å². The van der Waals surface area contributed by atoms with Gasteiger partial charge >= 0.3 is 12.0 Å². The smallest absolute Gasteiger partial charge is 0.271 e. The summed E-state index contributed by atoms with van der Waals surface area (Å²) in [5.74, 6) is 1.40. The molecular formula is C15H24N5O2+. The van der Waals surface area contributed by atoms with Crippen LogP contribution in [0.15, 0.2) is 17.6 Å². The van der Waals surface area contributed by atoms with Gasteiger partial charge in [0, 0.05) is 14.1 Å². The fourth-order valence-electron chi connectivity index (χ4n) is 2.54. The summed E-state index contributed by atoms with van der Waals surface area (Å²) in [7, 11) is 3.15. The lowest BCUT2D eigenvalue weighted by Crippen LogP contribution is -2.61. The first-order valence-corrected chi connectivity index (χ1v) is 7.50. The summed E-state index contributed by atoms with van der Waals surface area (Å²) in [5, 5.41) is 3.16. The number of hydrogen-bond donors (Lipinski definition) is 1. The molecule has 0 aliphatic carbocycles. The molecule has 0 spiro atoms. The van der Waals surface area contributed by atoms with Crippen LogP contribution in [0.2, 0.25) is 0 Å². The van der Waals surface area contributed by atoms with Crippen LogP contribution in [0.1, 0.15) is 20.3 Å². The Labute approximate surface area is 131 Å². The van der Waals surface area contributed by atoms with Crippen LogP contribution in [0.4, 0.5) is 4.79 Å². The van der Waals surface area contributed by atoms with Gasteiger partial charge in [-0.3, -0.25) is 19.9 Å². The fourth-order valence-corrected chi connectivity index (χ4v) is 2.54. The molecule has 22 heavy (non-hydrogen) atoms. The van der Waals surface area contributed by atoms with E-state index in [1.807, 2.05) is 4.58 Å². The molecule has 7 heteroatoms. The van der Waals surface area contributed by atoms with Crippen molar-refractivity contribution in [1.82, 2.24) is 15.1 Å². The summed E-state index contributed by atoms with van der Waals surface area (Å²) in [6.07, 6.45) is 2.67. The molecule has 0 saturated carbocycles. The topological polar surface area (TPSA) is 68.0 Å². The molecule has 7 nitrogen and oxygen atoms in total. The molecule has 2 heterocycles. The molecule has 1 unspecified atom stereocenters. The number of nitrogens with one attached hydrogen (secondary N) is 1. The van der Waals surface area contributed by atoms with Gasteiger partial charge < -0.3 is 0 Å². The maximum Gasteiger partial charge on any atom is 0.390 e. The van der Waals surface area contributed by atoms with E-state index in [0.29, 0.717) is 30.8 Å². The maximum atomic E-state index is 12.5. The summed E-state index contributed by atoms with van der Waals surface area (Å²) in [4.78, 5) is 31.7. The van der Waals surface area contributed by atoms with Crippen LogP contribution in [0.5, 0.6) is 0 Å². The zero-order chi connectivity index (χ0) is 16.4. The van der Waals surface area contributed by atoms with Crippen LogP contribution in [0.25, 0.3) is 0 Å². The van der Waals surface area contributed by atoms with Crippen LogP contribution in [-0.4, -0.2) is 71.3 Å². The zero-order valence-electron chi connectivity index (χ0n) is 13.7. The van der Waals surface area contributed by atoms with Gasteiger partial charge in [-0.2, -0.15) is 0 Å². The second kappa shape index (κ2) is 6.29. The maximum absolute atomic E-state index is 12.5. The standard InChI is InChI=1S/C15H23N5O2/c1-6-8-16-14-17-12-11(20(14)9-7-10(2)3)13(21)19(5)15(22)18(12)4/h6,10-11H,1,7-9H2,2-5H3/p+1. The molecule has 3 amide bonds. The van der Waals surface area contributed by atoms with Crippen LogP contribution >= 0.6 is 0 Å². The van der Waals surface area contributed by atoms with Crippen molar-refractivity contribution in [2.75, 3.05) is 27.2 Å². The third kappa shape index (κ3) is 2.75. The third-order valence-electron chi connectivity index (χ3n) is 3.88. The van der Waals surface area contributed by atoms with Crippen molar-refractivity contribution in [3.05, 3.63) is 12.7 Å². The molecule has 2 aliphatic rings. The third-order valence-corrected chi connectivity index (χ3v) is 3.88. The molecule has 2 aliphatic heterocycles. The van der Waals surface area contributed by atoms with E-state index >= 15 is 0 Å². The molecule has 1 saturated heterocycles. The number of fused-ring (bicyclic) bond motifs is 1. The molecule has 0 aromatic carbocycles. The molecule has 0 aromatic heterocycles. The quantitative estimate of drug-likeness (QED) is 0.593. The lowest BCUT2D eigenvalue weighted by atomic mass is 10.1. The van der Waals surface area contributed by atoms with Crippen molar-refractivity contribution in [3.8, 4) is 0 Å². The van der Waals surface area contributed by atoms with Crippen LogP contribution in [0, 0.1) is 5.92 Å². The van der Waals surface area contributed by atoms with Crippen molar-refractivity contribution in [2.45, 2.75) is 26.3 Å². The molecule has 1 atom stereocenters. The van der Waals surface area contributed by atoms with Crippen LogP contribution in [0.3, 0.4) is 0 Å². The number of likely N-dealkylation sites (N-methyl/N-ethyl adjacent to an activating group) is 2. The summed E-state index contributed by atoms with van der Waals surface area (Å²) in [5.41, 5.74) is 0. The Bertz CT molecular complexity index is 564. The lowest BCUT2D eigenvalue weighted by Gasteiger charge is -2.31. The van der Waals surface area contributed by atoms with Crippen molar-refractivity contribution >= 4 is 23.7 Å². The van der Waals surface area contributed by atoms with Gasteiger partial charge in [0.25, 0.3) is 5.91 Å². The highest BCUT2D eigenvalue weighted by molar-refractivity contribution is 6.22. The average Bonchev–Trinajstić information content (AvgIpc) is 2.85. The highest BCUT2D eigenvalue weighted by Crippen LogP contribution is 2.19. The molecule has 0 aromatic rings. The monoisotopic (exact) mass is 306 g/mol. The number of amides is 3. The number of amidine groups is 1. The SMILES string of the molecule is C=CCNC1=[N+](CCC(C)C)C2C(=O)N(C)C(=O)N(C)C2=N1. The summed E-state index contributed by atoms with van der Waals surface area (Å²) in [6, 6.07) is -0.882. The highest BCUT2D eigenvalue weighted by Gasteiger charge is 2.51. The van der Waals surface area contributed by atoms with E-state index in [0.717, 1.165) is 11.3 Å². The van der Waals surface area contributed by atoms with Gasteiger partial charge in [-0.15, -0.1) is 0 Å². The van der Waals surface area contributed by atoms with Crippen LogP contribution < -0.4 is 5.32 Å². The zero-order valence-corrected chi connectivity index (χ0v) is 13.7. The molecule has 0 radical (unpaired) electrons. The second-order valence-corrected chi connectivity index (χ2v) is 5.98. The minimum absolute atomic E-state index is 0.235. The Balaban J connectivity index is 2.35. The number of aliphatic imine (C=N–C) groups is 1. The molecular weight excluding hydrogens is 282 g/mol. The Morgan fingerprint density at radius 1 is 1.36 bits per heavy atom. The predicted molar refractivity (Wildman–Crippen MR) is 84.9 cm³/mol. The number of nitrogens with zero attached hydrogens (tertiary/aromatic N) is 4. The largest absolute Gasteiger partial charge is 0.390 e. The molecule has 120 valence electrons. The van der Waals surface area contributed by atoms with E-state index < -0.39 is 6.04 Å². The number of carbonyl (C=O) groups is 2. The first kappa shape index (κ1) is 16.2. The summed E-state index contributed by atoms with van der Waals surface area (Å²) in [6.45, 7) is 9.22. The minimum atomic E-state index is -0.529. The Kier molecular flexibility index (Phi) is 4.63. The number of urea groups is 1. The second-order valence-electron chi connectivity index (χ2n) is 5.98.